The molecular formula is C13H12FNO3. The molecule has 0 atom stereocenters. The third-order valence-electron chi connectivity index (χ3n) is 2.53. The number of rotatable bonds is 4. The summed E-state index contributed by atoms with van der Waals surface area (Å²) in [5.74, 6) is -0.930. The van der Waals surface area contributed by atoms with E-state index in [1.807, 2.05) is 11.9 Å². The van der Waals surface area contributed by atoms with Crippen molar-refractivity contribution in [2.75, 3.05) is 11.9 Å². The number of aromatic carboxylic acids is 1. The summed E-state index contributed by atoms with van der Waals surface area (Å²) in [5, 5.41) is 8.73. The largest absolute Gasteiger partial charge is 0.475 e. The van der Waals surface area contributed by atoms with Crippen molar-refractivity contribution in [2.45, 2.75) is 6.54 Å². The molecule has 1 aromatic heterocycles. The van der Waals surface area contributed by atoms with Crippen LogP contribution in [0.15, 0.2) is 40.8 Å². The SMILES string of the molecule is CN(Cc1ccc(C(=O)O)o1)c1ccc(F)cc1. The van der Waals surface area contributed by atoms with Crippen molar-refractivity contribution in [3.8, 4) is 0 Å². The van der Waals surface area contributed by atoms with E-state index in [9.17, 15) is 9.18 Å². The Morgan fingerprint density at radius 2 is 1.94 bits per heavy atom. The number of benzene rings is 1. The van der Waals surface area contributed by atoms with Gasteiger partial charge in [-0.3, -0.25) is 0 Å². The summed E-state index contributed by atoms with van der Waals surface area (Å²) in [6, 6.07) is 9.07. The zero-order valence-electron chi connectivity index (χ0n) is 9.76. The van der Waals surface area contributed by atoms with Gasteiger partial charge in [0.15, 0.2) is 0 Å². The fourth-order valence-electron chi connectivity index (χ4n) is 1.60. The van der Waals surface area contributed by atoms with Crippen molar-refractivity contribution in [3.63, 3.8) is 0 Å². The van der Waals surface area contributed by atoms with E-state index >= 15 is 0 Å². The summed E-state index contributed by atoms with van der Waals surface area (Å²) in [7, 11) is 1.82. The van der Waals surface area contributed by atoms with Crippen molar-refractivity contribution in [3.05, 3.63) is 53.7 Å². The molecule has 0 fully saturated rings. The maximum absolute atomic E-state index is 12.8. The standard InChI is InChI=1S/C13H12FNO3/c1-15(10-4-2-9(14)3-5-10)8-11-6-7-12(18-11)13(16)17/h2-7H,8H2,1H3,(H,16,17). The van der Waals surface area contributed by atoms with Crippen LogP contribution in [0.3, 0.4) is 0 Å². The molecule has 1 heterocycles. The van der Waals surface area contributed by atoms with Gasteiger partial charge in [-0.05, 0) is 36.4 Å². The highest BCUT2D eigenvalue weighted by atomic mass is 19.1. The molecule has 0 aliphatic heterocycles. The van der Waals surface area contributed by atoms with E-state index in [0.29, 0.717) is 12.3 Å². The number of nitrogens with zero attached hydrogens (tertiary/aromatic N) is 1. The monoisotopic (exact) mass is 249 g/mol. The lowest BCUT2D eigenvalue weighted by atomic mass is 10.3. The molecule has 0 bridgehead atoms. The first kappa shape index (κ1) is 12.2. The summed E-state index contributed by atoms with van der Waals surface area (Å²) < 4.78 is 17.9. The summed E-state index contributed by atoms with van der Waals surface area (Å²) in [4.78, 5) is 12.5. The lowest BCUT2D eigenvalue weighted by Gasteiger charge is -2.17. The van der Waals surface area contributed by atoms with Crippen molar-refractivity contribution in [1.29, 1.82) is 0 Å². The average Bonchev–Trinajstić information content (AvgIpc) is 2.78. The van der Waals surface area contributed by atoms with Gasteiger partial charge in [-0.2, -0.15) is 0 Å². The Morgan fingerprint density at radius 1 is 1.28 bits per heavy atom. The highest BCUT2D eigenvalue weighted by Gasteiger charge is 2.10. The third kappa shape index (κ3) is 2.68. The summed E-state index contributed by atoms with van der Waals surface area (Å²) in [6.07, 6.45) is 0. The zero-order valence-corrected chi connectivity index (χ0v) is 9.76. The minimum absolute atomic E-state index is 0.0856. The predicted octanol–water partition coefficient (Wildman–Crippen LogP) is 2.75. The fourth-order valence-corrected chi connectivity index (χ4v) is 1.60. The highest BCUT2D eigenvalue weighted by molar-refractivity contribution is 5.84. The number of hydrogen-bond acceptors (Lipinski definition) is 3. The second-order valence-electron chi connectivity index (χ2n) is 3.90. The number of furan rings is 1. The minimum Gasteiger partial charge on any atom is -0.475 e. The molecule has 0 spiro atoms. The van der Waals surface area contributed by atoms with Gasteiger partial charge in [0, 0.05) is 12.7 Å². The number of hydrogen-bond donors (Lipinski definition) is 1. The molecule has 94 valence electrons. The lowest BCUT2D eigenvalue weighted by molar-refractivity contribution is 0.0660. The molecule has 0 unspecified atom stereocenters. The lowest BCUT2D eigenvalue weighted by Crippen LogP contribution is -2.15. The van der Waals surface area contributed by atoms with E-state index in [-0.39, 0.29) is 11.6 Å². The number of carboxylic acids is 1. The van der Waals surface area contributed by atoms with Crippen LogP contribution in [0.25, 0.3) is 0 Å². The molecule has 18 heavy (non-hydrogen) atoms. The summed E-state index contributed by atoms with van der Waals surface area (Å²) in [6.45, 7) is 0.416. The van der Waals surface area contributed by atoms with Crippen LogP contribution < -0.4 is 4.90 Å². The fraction of sp³-hybridized carbons (Fsp3) is 0.154. The first-order valence-electron chi connectivity index (χ1n) is 5.35. The van der Waals surface area contributed by atoms with E-state index in [1.165, 1.54) is 18.2 Å². The van der Waals surface area contributed by atoms with Crippen LogP contribution in [0.5, 0.6) is 0 Å². The van der Waals surface area contributed by atoms with E-state index in [2.05, 4.69) is 0 Å². The van der Waals surface area contributed by atoms with Gasteiger partial charge >= 0.3 is 5.97 Å². The Labute approximate surface area is 103 Å². The van der Waals surface area contributed by atoms with Crippen molar-refractivity contribution in [2.24, 2.45) is 0 Å². The van der Waals surface area contributed by atoms with Crippen LogP contribution in [-0.2, 0) is 6.54 Å². The Kier molecular flexibility index (Phi) is 3.32. The molecule has 0 aliphatic rings. The third-order valence-corrected chi connectivity index (χ3v) is 2.53. The number of anilines is 1. The first-order valence-corrected chi connectivity index (χ1v) is 5.35. The molecular weight excluding hydrogens is 237 g/mol. The Hall–Kier alpha value is -2.30. The predicted molar refractivity (Wildman–Crippen MR) is 64.2 cm³/mol. The van der Waals surface area contributed by atoms with Gasteiger partial charge in [-0.25, -0.2) is 9.18 Å². The molecule has 0 saturated heterocycles. The smallest absolute Gasteiger partial charge is 0.371 e. The molecule has 0 amide bonds. The van der Waals surface area contributed by atoms with Crippen LogP contribution in [0.4, 0.5) is 10.1 Å². The minimum atomic E-state index is -1.09. The number of carbonyl (C=O) groups is 1. The Balaban J connectivity index is 2.08. The maximum Gasteiger partial charge on any atom is 0.371 e. The van der Waals surface area contributed by atoms with Crippen molar-refractivity contribution < 1.29 is 18.7 Å². The van der Waals surface area contributed by atoms with Crippen LogP contribution >= 0.6 is 0 Å². The number of carboxylic acid groups (broad SMARTS) is 1. The first-order chi connectivity index (χ1) is 8.56. The molecule has 1 N–H and O–H groups in total. The highest BCUT2D eigenvalue weighted by Crippen LogP contribution is 2.17. The van der Waals surface area contributed by atoms with Crippen LogP contribution in [-0.4, -0.2) is 18.1 Å². The molecule has 0 radical (unpaired) electrons. The molecule has 5 heteroatoms. The molecule has 4 nitrogen and oxygen atoms in total. The van der Waals surface area contributed by atoms with Crippen LogP contribution in [0.2, 0.25) is 0 Å². The van der Waals surface area contributed by atoms with E-state index < -0.39 is 5.97 Å². The Bertz CT molecular complexity index is 548. The second-order valence-corrected chi connectivity index (χ2v) is 3.90. The van der Waals surface area contributed by atoms with E-state index in [1.54, 1.807) is 18.2 Å². The Morgan fingerprint density at radius 3 is 2.50 bits per heavy atom. The van der Waals surface area contributed by atoms with Gasteiger partial charge in [0.05, 0.1) is 6.54 Å². The summed E-state index contributed by atoms with van der Waals surface area (Å²) in [5.41, 5.74) is 0.824. The van der Waals surface area contributed by atoms with Crippen LogP contribution in [0.1, 0.15) is 16.3 Å². The molecule has 1 aromatic carbocycles. The van der Waals surface area contributed by atoms with Crippen LogP contribution in [0, 0.1) is 5.82 Å². The van der Waals surface area contributed by atoms with E-state index in [0.717, 1.165) is 5.69 Å². The van der Waals surface area contributed by atoms with Gasteiger partial charge in [0.1, 0.15) is 11.6 Å². The van der Waals surface area contributed by atoms with Gasteiger partial charge in [-0.1, -0.05) is 0 Å². The molecule has 2 aromatic rings. The molecule has 2 rings (SSSR count). The van der Waals surface area contributed by atoms with E-state index in [4.69, 9.17) is 9.52 Å². The topological polar surface area (TPSA) is 53.7 Å². The quantitative estimate of drug-likeness (QED) is 0.905. The second kappa shape index (κ2) is 4.91. The maximum atomic E-state index is 12.8. The zero-order chi connectivity index (χ0) is 13.1. The van der Waals surface area contributed by atoms with Gasteiger partial charge in [0.2, 0.25) is 5.76 Å². The summed E-state index contributed by atoms with van der Waals surface area (Å²) >= 11 is 0. The molecule has 0 aliphatic carbocycles. The number of halogens is 1. The van der Waals surface area contributed by atoms with Gasteiger partial charge in [0.25, 0.3) is 0 Å². The van der Waals surface area contributed by atoms with Crippen molar-refractivity contribution >= 4 is 11.7 Å². The molecule has 0 saturated carbocycles. The average molecular weight is 249 g/mol. The van der Waals surface area contributed by atoms with Gasteiger partial charge in [-0.15, -0.1) is 0 Å². The normalized spacial score (nSPS) is 10.3. The van der Waals surface area contributed by atoms with Gasteiger partial charge < -0.3 is 14.4 Å². The van der Waals surface area contributed by atoms with Crippen molar-refractivity contribution in [1.82, 2.24) is 0 Å².